The topological polar surface area (TPSA) is 66.4 Å². The zero-order valence-electron chi connectivity index (χ0n) is 11.0. The second-order valence-electron chi connectivity index (χ2n) is 4.31. The number of aliphatic carboxylic acids is 1. The van der Waals surface area contributed by atoms with E-state index in [9.17, 15) is 9.59 Å². The minimum absolute atomic E-state index is 0.0817. The molecule has 0 fully saturated rings. The number of carboxylic acids is 1. The molecule has 2 N–H and O–H groups in total. The van der Waals surface area contributed by atoms with Crippen LogP contribution >= 0.6 is 11.8 Å². The van der Waals surface area contributed by atoms with Crippen LogP contribution in [0.3, 0.4) is 0 Å². The normalized spacial score (nSPS) is 11.8. The lowest BCUT2D eigenvalue weighted by atomic mass is 10.2. The van der Waals surface area contributed by atoms with E-state index in [0.29, 0.717) is 6.42 Å². The van der Waals surface area contributed by atoms with Crippen LogP contribution in [-0.2, 0) is 9.59 Å². The van der Waals surface area contributed by atoms with Crippen LogP contribution in [0.5, 0.6) is 0 Å². The van der Waals surface area contributed by atoms with Crippen molar-refractivity contribution in [3.8, 4) is 0 Å². The molecule has 19 heavy (non-hydrogen) atoms. The van der Waals surface area contributed by atoms with Crippen molar-refractivity contribution >= 4 is 23.6 Å². The third-order valence-electron chi connectivity index (χ3n) is 2.59. The molecule has 0 saturated carbocycles. The first kappa shape index (κ1) is 15.6. The summed E-state index contributed by atoms with van der Waals surface area (Å²) in [6.07, 6.45) is 1.22. The highest BCUT2D eigenvalue weighted by Gasteiger charge is 2.11. The number of carbonyl (C=O) groups excluding carboxylic acids is 1. The van der Waals surface area contributed by atoms with Crippen molar-refractivity contribution in [2.75, 3.05) is 12.3 Å². The second-order valence-corrected chi connectivity index (χ2v) is 5.48. The molecule has 1 unspecified atom stereocenters. The predicted octanol–water partition coefficient (Wildman–Crippen LogP) is 2.40. The molecule has 1 aromatic carbocycles. The third-order valence-corrected chi connectivity index (χ3v) is 3.69. The molecule has 1 atom stereocenters. The minimum Gasteiger partial charge on any atom is -0.481 e. The van der Waals surface area contributed by atoms with Gasteiger partial charge in [0.25, 0.3) is 0 Å². The van der Waals surface area contributed by atoms with Crippen molar-refractivity contribution in [1.29, 1.82) is 0 Å². The van der Waals surface area contributed by atoms with E-state index in [4.69, 9.17) is 5.11 Å². The molecule has 1 amide bonds. The van der Waals surface area contributed by atoms with Crippen molar-refractivity contribution in [2.24, 2.45) is 5.92 Å². The number of nitrogens with one attached hydrogen (secondary N) is 1. The smallest absolute Gasteiger partial charge is 0.308 e. The van der Waals surface area contributed by atoms with Crippen molar-refractivity contribution < 1.29 is 14.7 Å². The number of rotatable bonds is 8. The summed E-state index contributed by atoms with van der Waals surface area (Å²) in [7, 11) is 0. The second kappa shape index (κ2) is 8.58. The lowest BCUT2D eigenvalue weighted by Crippen LogP contribution is -2.31. The van der Waals surface area contributed by atoms with E-state index in [1.54, 1.807) is 18.7 Å². The molecule has 104 valence electrons. The largest absolute Gasteiger partial charge is 0.481 e. The van der Waals surface area contributed by atoms with E-state index >= 15 is 0 Å². The number of carboxylic acid groups (broad SMARTS) is 1. The summed E-state index contributed by atoms with van der Waals surface area (Å²) in [6, 6.07) is 10.0. The van der Waals surface area contributed by atoms with Crippen LogP contribution in [0.2, 0.25) is 0 Å². The zero-order valence-corrected chi connectivity index (χ0v) is 11.8. The molecule has 0 aliphatic rings. The lowest BCUT2D eigenvalue weighted by molar-refractivity contribution is -0.141. The number of hydrogen-bond acceptors (Lipinski definition) is 3. The summed E-state index contributed by atoms with van der Waals surface area (Å²) in [5.74, 6) is -0.629. The first-order chi connectivity index (χ1) is 9.09. The van der Waals surface area contributed by atoms with Gasteiger partial charge in [0.05, 0.1) is 5.92 Å². The maximum absolute atomic E-state index is 11.5. The van der Waals surface area contributed by atoms with Crippen LogP contribution < -0.4 is 5.32 Å². The molecule has 0 spiro atoms. The van der Waals surface area contributed by atoms with Gasteiger partial charge in [-0.05, 0) is 24.3 Å². The summed E-state index contributed by atoms with van der Waals surface area (Å²) < 4.78 is 0. The standard InChI is InChI=1S/C14H19NO3S/c1-11(14(17)18)10-15-13(16)8-5-9-19-12-6-3-2-4-7-12/h2-4,6-7,11H,5,8-10H2,1H3,(H,15,16)(H,17,18). The Morgan fingerprint density at radius 3 is 2.63 bits per heavy atom. The lowest BCUT2D eigenvalue weighted by Gasteiger charge is -2.08. The molecule has 0 aromatic heterocycles. The van der Waals surface area contributed by atoms with Crippen LogP contribution in [0.15, 0.2) is 35.2 Å². The Balaban J connectivity index is 2.09. The molecule has 0 aliphatic heterocycles. The van der Waals surface area contributed by atoms with Gasteiger partial charge in [-0.15, -0.1) is 11.8 Å². The Morgan fingerprint density at radius 1 is 1.32 bits per heavy atom. The number of hydrogen-bond donors (Lipinski definition) is 2. The van der Waals surface area contributed by atoms with Crippen molar-refractivity contribution in [1.82, 2.24) is 5.32 Å². The van der Waals surface area contributed by atoms with Gasteiger partial charge in [-0.25, -0.2) is 0 Å². The van der Waals surface area contributed by atoms with Crippen molar-refractivity contribution in [2.45, 2.75) is 24.7 Å². The Bertz CT molecular complexity index is 408. The quantitative estimate of drug-likeness (QED) is 0.567. The highest BCUT2D eigenvalue weighted by molar-refractivity contribution is 7.99. The molecular weight excluding hydrogens is 262 g/mol. The number of thioether (sulfide) groups is 1. The maximum atomic E-state index is 11.5. The zero-order chi connectivity index (χ0) is 14.1. The molecule has 5 heteroatoms. The fraction of sp³-hybridized carbons (Fsp3) is 0.429. The van der Waals surface area contributed by atoms with Gasteiger partial charge in [0, 0.05) is 17.9 Å². The Hall–Kier alpha value is -1.49. The van der Waals surface area contributed by atoms with Crippen molar-refractivity contribution in [3.63, 3.8) is 0 Å². The highest BCUT2D eigenvalue weighted by atomic mass is 32.2. The van der Waals surface area contributed by atoms with E-state index in [0.717, 1.165) is 12.2 Å². The molecule has 0 bridgehead atoms. The minimum atomic E-state index is -0.889. The van der Waals surface area contributed by atoms with Gasteiger partial charge < -0.3 is 10.4 Å². The van der Waals surface area contributed by atoms with Gasteiger partial charge in [0.2, 0.25) is 5.91 Å². The molecule has 1 aromatic rings. The summed E-state index contributed by atoms with van der Waals surface area (Å²) in [5, 5.41) is 11.3. The van der Waals surface area contributed by atoms with E-state index in [2.05, 4.69) is 5.32 Å². The SMILES string of the molecule is CC(CNC(=O)CCCSc1ccccc1)C(=O)O. The first-order valence-corrected chi connectivity index (χ1v) is 7.25. The average molecular weight is 281 g/mol. The van der Waals surface area contributed by atoms with Crippen LogP contribution in [0.25, 0.3) is 0 Å². The van der Waals surface area contributed by atoms with Gasteiger partial charge in [-0.1, -0.05) is 25.1 Å². The fourth-order valence-corrected chi connectivity index (χ4v) is 2.26. The summed E-state index contributed by atoms with van der Waals surface area (Å²) in [4.78, 5) is 23.2. The number of carbonyl (C=O) groups is 2. The van der Waals surface area contributed by atoms with Gasteiger partial charge in [0.1, 0.15) is 0 Å². The first-order valence-electron chi connectivity index (χ1n) is 6.27. The average Bonchev–Trinajstić information content (AvgIpc) is 2.42. The maximum Gasteiger partial charge on any atom is 0.308 e. The van der Waals surface area contributed by atoms with E-state index in [1.807, 2.05) is 30.3 Å². The van der Waals surface area contributed by atoms with Crippen LogP contribution in [0.1, 0.15) is 19.8 Å². The highest BCUT2D eigenvalue weighted by Crippen LogP contribution is 2.18. The summed E-state index contributed by atoms with van der Waals surface area (Å²) in [6.45, 7) is 1.77. The molecular formula is C14H19NO3S. The molecule has 1 rings (SSSR count). The molecule has 0 radical (unpaired) electrons. The Labute approximate surface area is 117 Å². The van der Waals surface area contributed by atoms with Gasteiger partial charge in [-0.3, -0.25) is 9.59 Å². The van der Waals surface area contributed by atoms with Crippen LogP contribution in [0, 0.1) is 5.92 Å². The molecule has 0 heterocycles. The Morgan fingerprint density at radius 2 is 2.00 bits per heavy atom. The van der Waals surface area contributed by atoms with Crippen molar-refractivity contribution in [3.05, 3.63) is 30.3 Å². The number of benzene rings is 1. The fourth-order valence-electron chi connectivity index (χ4n) is 1.38. The van der Waals surface area contributed by atoms with E-state index in [1.165, 1.54) is 4.90 Å². The van der Waals surface area contributed by atoms with Gasteiger partial charge in [-0.2, -0.15) is 0 Å². The van der Waals surface area contributed by atoms with E-state index < -0.39 is 11.9 Å². The van der Waals surface area contributed by atoms with E-state index in [-0.39, 0.29) is 12.5 Å². The van der Waals surface area contributed by atoms with Gasteiger partial charge in [0.15, 0.2) is 0 Å². The Kier molecular flexibility index (Phi) is 7.03. The van der Waals surface area contributed by atoms with Crippen LogP contribution in [0.4, 0.5) is 0 Å². The number of amides is 1. The predicted molar refractivity (Wildman–Crippen MR) is 76.2 cm³/mol. The molecule has 4 nitrogen and oxygen atoms in total. The third kappa shape index (κ3) is 6.86. The monoisotopic (exact) mass is 281 g/mol. The van der Waals surface area contributed by atoms with Crippen LogP contribution in [-0.4, -0.2) is 29.3 Å². The molecule has 0 aliphatic carbocycles. The summed E-state index contributed by atoms with van der Waals surface area (Å²) >= 11 is 1.72. The summed E-state index contributed by atoms with van der Waals surface area (Å²) in [5.41, 5.74) is 0. The van der Waals surface area contributed by atoms with Gasteiger partial charge >= 0.3 is 5.97 Å². The molecule has 0 saturated heterocycles.